The van der Waals surface area contributed by atoms with E-state index in [1.165, 1.54) is 49.7 Å². The summed E-state index contributed by atoms with van der Waals surface area (Å²) < 4.78 is 0. The van der Waals surface area contributed by atoms with Crippen molar-refractivity contribution >= 4 is 23.6 Å². The smallest absolute Gasteiger partial charge is 0.226 e. The Morgan fingerprint density at radius 1 is 0.833 bits per heavy atom. The molecule has 1 aliphatic heterocycles. The summed E-state index contributed by atoms with van der Waals surface area (Å²) >= 11 is 0. The maximum atomic E-state index is 13.5. The molecule has 5 nitrogen and oxygen atoms in total. The molecule has 8 rings (SSSR count). The Kier molecular flexibility index (Phi) is 7.73. The molecule has 1 saturated heterocycles. The van der Waals surface area contributed by atoms with E-state index in [1.807, 2.05) is 35.2 Å². The molecule has 2 aromatic rings. The van der Waals surface area contributed by atoms with E-state index in [4.69, 9.17) is 0 Å². The molecule has 1 heterocycles. The number of anilines is 1. The molecule has 0 radical (unpaired) electrons. The zero-order chi connectivity index (χ0) is 28.6. The number of piperidine rings is 1. The van der Waals surface area contributed by atoms with Gasteiger partial charge in [-0.2, -0.15) is 0 Å². The summed E-state index contributed by atoms with van der Waals surface area (Å²) in [6, 6.07) is 18.9. The van der Waals surface area contributed by atoms with Crippen molar-refractivity contribution in [1.29, 1.82) is 0 Å². The Hall–Kier alpha value is -2.92. The third kappa shape index (κ3) is 5.69. The number of fused-ring (bicyclic) bond motifs is 2. The molecule has 0 unspecified atom stereocenters. The quantitative estimate of drug-likeness (QED) is 0.348. The van der Waals surface area contributed by atoms with Crippen molar-refractivity contribution in [1.82, 2.24) is 10.2 Å². The van der Waals surface area contributed by atoms with Crippen molar-refractivity contribution in [3.8, 4) is 0 Å². The van der Waals surface area contributed by atoms with Crippen LogP contribution in [0, 0.1) is 17.8 Å². The SMILES string of the molecule is O=C(CCCC(=O)N(CCCN1CCC2(C=Cc3ccccc32)CC1)c1ccccc1)NC12CC3CC(CC(C3)C1)C2. The molecule has 5 aliphatic carbocycles. The Labute approximate surface area is 251 Å². The van der Waals surface area contributed by atoms with Crippen molar-refractivity contribution in [2.45, 2.75) is 88.0 Å². The average molecular weight is 566 g/mol. The van der Waals surface area contributed by atoms with Gasteiger partial charge in [0, 0.05) is 36.0 Å². The molecule has 4 saturated carbocycles. The van der Waals surface area contributed by atoms with Gasteiger partial charge in [-0.05, 0) is 125 Å². The Morgan fingerprint density at radius 2 is 1.50 bits per heavy atom. The van der Waals surface area contributed by atoms with Gasteiger partial charge in [-0.3, -0.25) is 9.59 Å². The average Bonchev–Trinajstić information content (AvgIpc) is 3.33. The van der Waals surface area contributed by atoms with Crippen LogP contribution in [-0.4, -0.2) is 48.4 Å². The molecular weight excluding hydrogens is 518 g/mol. The number of hydrogen-bond donors (Lipinski definition) is 1. The fourth-order valence-corrected chi connectivity index (χ4v) is 9.66. The maximum absolute atomic E-state index is 13.5. The molecule has 2 aromatic carbocycles. The lowest BCUT2D eigenvalue weighted by atomic mass is 9.53. The number of carbonyl (C=O) groups excluding carboxylic acids is 2. The third-order valence-corrected chi connectivity index (χ3v) is 11.3. The number of carbonyl (C=O) groups is 2. The highest BCUT2D eigenvalue weighted by Gasteiger charge is 2.51. The number of likely N-dealkylation sites (tertiary alicyclic amines) is 1. The predicted octanol–water partition coefficient (Wildman–Crippen LogP) is 6.73. The van der Waals surface area contributed by atoms with Gasteiger partial charge in [0.15, 0.2) is 0 Å². The monoisotopic (exact) mass is 565 g/mol. The van der Waals surface area contributed by atoms with Crippen molar-refractivity contribution < 1.29 is 9.59 Å². The van der Waals surface area contributed by atoms with Crippen LogP contribution in [0.4, 0.5) is 5.69 Å². The summed E-state index contributed by atoms with van der Waals surface area (Å²) in [6.07, 6.45) is 17.2. The number of nitrogens with one attached hydrogen (secondary N) is 1. The van der Waals surface area contributed by atoms with Crippen LogP contribution in [-0.2, 0) is 15.0 Å². The summed E-state index contributed by atoms with van der Waals surface area (Å²) in [6.45, 7) is 3.91. The van der Waals surface area contributed by atoms with Crippen molar-refractivity contribution in [2.75, 3.05) is 31.1 Å². The summed E-state index contributed by atoms with van der Waals surface area (Å²) in [5.41, 5.74) is 4.11. The van der Waals surface area contributed by atoms with Crippen LogP contribution in [0.1, 0.15) is 88.2 Å². The first kappa shape index (κ1) is 27.9. The first-order valence-electron chi connectivity index (χ1n) is 16.7. The highest BCUT2D eigenvalue weighted by atomic mass is 16.2. The van der Waals surface area contributed by atoms with E-state index >= 15 is 0 Å². The minimum Gasteiger partial charge on any atom is -0.351 e. The van der Waals surface area contributed by atoms with Crippen molar-refractivity contribution in [3.05, 3.63) is 71.8 Å². The second-order valence-corrected chi connectivity index (χ2v) is 14.3. The van der Waals surface area contributed by atoms with Gasteiger partial charge < -0.3 is 15.1 Å². The van der Waals surface area contributed by atoms with Crippen LogP contribution in [0.5, 0.6) is 0 Å². The van der Waals surface area contributed by atoms with Gasteiger partial charge in [0.25, 0.3) is 0 Å². The normalized spacial score (nSPS) is 28.6. The van der Waals surface area contributed by atoms with Crippen molar-refractivity contribution in [3.63, 3.8) is 0 Å². The Balaban J connectivity index is 0.886. The van der Waals surface area contributed by atoms with Gasteiger partial charge in [0.2, 0.25) is 11.8 Å². The molecule has 1 spiro atoms. The molecule has 222 valence electrons. The van der Waals surface area contributed by atoms with E-state index in [1.54, 1.807) is 0 Å². The molecule has 4 bridgehead atoms. The van der Waals surface area contributed by atoms with Gasteiger partial charge in [0.1, 0.15) is 0 Å². The predicted molar refractivity (Wildman–Crippen MR) is 169 cm³/mol. The summed E-state index contributed by atoms with van der Waals surface area (Å²) in [5, 5.41) is 3.48. The molecule has 5 heteroatoms. The van der Waals surface area contributed by atoms with Crippen LogP contribution in [0.25, 0.3) is 6.08 Å². The Morgan fingerprint density at radius 3 is 2.21 bits per heavy atom. The third-order valence-electron chi connectivity index (χ3n) is 11.3. The molecule has 6 aliphatic rings. The minimum atomic E-state index is 0.0530. The van der Waals surface area contributed by atoms with Crippen molar-refractivity contribution in [2.24, 2.45) is 17.8 Å². The van der Waals surface area contributed by atoms with E-state index < -0.39 is 0 Å². The van der Waals surface area contributed by atoms with Gasteiger partial charge in [-0.25, -0.2) is 0 Å². The molecule has 5 fully saturated rings. The number of hydrogen-bond acceptors (Lipinski definition) is 3. The summed E-state index contributed by atoms with van der Waals surface area (Å²) in [5.74, 6) is 2.74. The number of nitrogens with zero attached hydrogens (tertiary/aromatic N) is 2. The van der Waals surface area contributed by atoms with Crippen LogP contribution >= 0.6 is 0 Å². The van der Waals surface area contributed by atoms with Crippen LogP contribution in [0.15, 0.2) is 60.7 Å². The molecule has 42 heavy (non-hydrogen) atoms. The topological polar surface area (TPSA) is 52.7 Å². The lowest BCUT2D eigenvalue weighted by Crippen LogP contribution is -2.59. The molecule has 0 atom stereocenters. The molecule has 2 amide bonds. The zero-order valence-corrected chi connectivity index (χ0v) is 25.1. The van der Waals surface area contributed by atoms with Gasteiger partial charge >= 0.3 is 0 Å². The number of allylic oxidation sites excluding steroid dienone is 1. The number of benzene rings is 2. The number of rotatable bonds is 10. The second-order valence-electron chi connectivity index (χ2n) is 14.3. The molecular formula is C37H47N3O2. The fourth-order valence-electron chi connectivity index (χ4n) is 9.66. The highest BCUT2D eigenvalue weighted by molar-refractivity contribution is 5.93. The van der Waals surface area contributed by atoms with E-state index in [-0.39, 0.29) is 22.8 Å². The lowest BCUT2D eigenvalue weighted by Gasteiger charge is -2.56. The number of amides is 2. The summed E-state index contributed by atoms with van der Waals surface area (Å²) in [7, 11) is 0. The summed E-state index contributed by atoms with van der Waals surface area (Å²) in [4.78, 5) is 31.0. The van der Waals surface area contributed by atoms with E-state index in [2.05, 4.69) is 46.6 Å². The van der Waals surface area contributed by atoms with E-state index in [0.29, 0.717) is 25.8 Å². The van der Waals surface area contributed by atoms with Crippen LogP contribution in [0.2, 0.25) is 0 Å². The van der Waals surface area contributed by atoms with Gasteiger partial charge in [-0.1, -0.05) is 54.6 Å². The fraction of sp³-hybridized carbons (Fsp3) is 0.568. The minimum absolute atomic E-state index is 0.0530. The first-order chi connectivity index (χ1) is 20.5. The highest BCUT2D eigenvalue weighted by Crippen LogP contribution is 2.55. The zero-order valence-electron chi connectivity index (χ0n) is 25.1. The van der Waals surface area contributed by atoms with Crippen LogP contribution in [0.3, 0.4) is 0 Å². The van der Waals surface area contributed by atoms with Crippen LogP contribution < -0.4 is 10.2 Å². The maximum Gasteiger partial charge on any atom is 0.226 e. The first-order valence-corrected chi connectivity index (χ1v) is 16.7. The number of para-hydroxylation sites is 1. The lowest BCUT2D eigenvalue weighted by molar-refractivity contribution is -0.127. The second kappa shape index (κ2) is 11.6. The largest absolute Gasteiger partial charge is 0.351 e. The van der Waals surface area contributed by atoms with E-state index in [9.17, 15) is 9.59 Å². The molecule has 1 N–H and O–H groups in total. The van der Waals surface area contributed by atoms with Gasteiger partial charge in [-0.15, -0.1) is 0 Å². The van der Waals surface area contributed by atoms with Gasteiger partial charge in [0.05, 0.1) is 0 Å². The standard InChI is InChI=1S/C37H47N3O2/c41-34(38-37-25-28-22-29(26-37)24-30(23-28)27-37)12-6-13-35(42)40(32-9-2-1-3-10-32)19-7-18-39-20-16-36(17-21-39)15-14-31-8-4-5-11-33(31)36/h1-5,8-11,14-15,28-30H,6-7,12-13,16-27H2,(H,38,41). The molecule has 0 aromatic heterocycles. The van der Waals surface area contributed by atoms with E-state index in [0.717, 1.165) is 62.3 Å². The Bertz CT molecular complexity index is 1270.